The molecule has 202 valence electrons. The summed E-state index contributed by atoms with van der Waals surface area (Å²) >= 11 is 0. The second-order valence-electron chi connectivity index (χ2n) is 11.1. The van der Waals surface area contributed by atoms with E-state index in [-0.39, 0.29) is 35.1 Å². The summed E-state index contributed by atoms with van der Waals surface area (Å²) in [6.07, 6.45) is 5.41. The first-order chi connectivity index (χ1) is 18.9. The highest BCUT2D eigenvalue weighted by Crippen LogP contribution is 2.55. The maximum Gasteiger partial charge on any atom is 0.181 e. The van der Waals surface area contributed by atoms with E-state index in [0.717, 1.165) is 42.4 Å². The van der Waals surface area contributed by atoms with E-state index in [9.17, 15) is 13.2 Å². The van der Waals surface area contributed by atoms with Crippen molar-refractivity contribution >= 4 is 15.6 Å². The lowest BCUT2D eigenvalue weighted by molar-refractivity contribution is -0.173. The van der Waals surface area contributed by atoms with E-state index < -0.39 is 15.6 Å². The molecule has 1 unspecified atom stereocenters. The Labute approximate surface area is 230 Å². The fourth-order valence-corrected chi connectivity index (χ4v) is 7.88. The van der Waals surface area contributed by atoms with Crippen molar-refractivity contribution in [3.63, 3.8) is 0 Å². The van der Waals surface area contributed by atoms with Gasteiger partial charge in [-0.15, -0.1) is 0 Å². The van der Waals surface area contributed by atoms with Gasteiger partial charge in [-0.2, -0.15) is 0 Å². The third-order valence-electron chi connectivity index (χ3n) is 8.44. The lowest BCUT2D eigenvalue weighted by Crippen LogP contribution is -2.27. The lowest BCUT2D eigenvalue weighted by atomic mass is 9.85. The van der Waals surface area contributed by atoms with Crippen LogP contribution in [0.4, 0.5) is 0 Å². The average Bonchev–Trinajstić information content (AvgIpc) is 3.68. The number of carbonyl (C=O) groups is 1. The Morgan fingerprint density at radius 3 is 1.95 bits per heavy atom. The molecule has 0 radical (unpaired) electrons. The summed E-state index contributed by atoms with van der Waals surface area (Å²) < 4.78 is 38.8. The van der Waals surface area contributed by atoms with Crippen molar-refractivity contribution < 1.29 is 22.7 Å². The molecule has 2 aliphatic carbocycles. The van der Waals surface area contributed by atoms with E-state index in [0.29, 0.717) is 17.7 Å². The van der Waals surface area contributed by atoms with Gasteiger partial charge in [0, 0.05) is 18.8 Å². The summed E-state index contributed by atoms with van der Waals surface area (Å²) in [5, 5.41) is -0.255. The second-order valence-corrected chi connectivity index (χ2v) is 13.4. The Morgan fingerprint density at radius 1 is 0.872 bits per heavy atom. The number of ketones is 1. The monoisotopic (exact) mass is 542 g/mol. The van der Waals surface area contributed by atoms with E-state index in [4.69, 9.17) is 9.47 Å². The van der Waals surface area contributed by atoms with Crippen LogP contribution in [0.2, 0.25) is 0 Å². The van der Waals surface area contributed by atoms with E-state index in [1.54, 1.807) is 24.3 Å². The molecule has 1 heterocycles. The fourth-order valence-electron chi connectivity index (χ4n) is 6.22. The van der Waals surface area contributed by atoms with Crippen LogP contribution < -0.4 is 0 Å². The molecule has 1 saturated heterocycles. The summed E-state index contributed by atoms with van der Waals surface area (Å²) in [6, 6.07) is 27.3. The summed E-state index contributed by atoms with van der Waals surface area (Å²) in [6.45, 7) is 3.73. The highest BCUT2D eigenvalue weighted by molar-refractivity contribution is 7.92. The number of benzene rings is 3. The number of carbonyl (C=O) groups excluding carboxylic acids is 1. The van der Waals surface area contributed by atoms with Gasteiger partial charge in [-0.3, -0.25) is 4.79 Å². The Balaban J connectivity index is 1.21. The van der Waals surface area contributed by atoms with E-state index in [2.05, 4.69) is 30.8 Å². The number of allylic oxidation sites excluding steroid dienone is 1. The molecular weight excluding hydrogens is 508 g/mol. The lowest BCUT2D eigenvalue weighted by Gasteiger charge is -2.24. The van der Waals surface area contributed by atoms with Crippen LogP contribution in [0.3, 0.4) is 0 Å². The average molecular weight is 543 g/mol. The first-order valence-electron chi connectivity index (χ1n) is 13.8. The van der Waals surface area contributed by atoms with Gasteiger partial charge in [0.1, 0.15) is 12.2 Å². The molecule has 1 spiro atoms. The normalized spacial score (nSPS) is 25.0. The van der Waals surface area contributed by atoms with Crippen LogP contribution in [0.25, 0.3) is 0 Å². The van der Waals surface area contributed by atoms with E-state index >= 15 is 0 Å². The highest BCUT2D eigenvalue weighted by atomic mass is 32.2. The molecule has 6 heteroatoms. The summed E-state index contributed by atoms with van der Waals surface area (Å²) in [5.74, 6) is -0.905. The molecule has 4 atom stereocenters. The van der Waals surface area contributed by atoms with Gasteiger partial charge in [0.25, 0.3) is 0 Å². The molecule has 3 fully saturated rings. The van der Waals surface area contributed by atoms with E-state index in [1.165, 1.54) is 6.08 Å². The topological polar surface area (TPSA) is 69.7 Å². The van der Waals surface area contributed by atoms with Crippen molar-refractivity contribution in [2.75, 3.05) is 0 Å². The van der Waals surface area contributed by atoms with Crippen LogP contribution in [-0.2, 0) is 24.1 Å². The zero-order chi connectivity index (χ0) is 27.0. The Hall–Kier alpha value is -3.06. The van der Waals surface area contributed by atoms with Crippen molar-refractivity contribution in [1.82, 2.24) is 0 Å². The summed E-state index contributed by atoms with van der Waals surface area (Å²) in [7, 11) is -3.27. The van der Waals surface area contributed by atoms with Crippen LogP contribution in [0, 0.1) is 5.92 Å². The van der Waals surface area contributed by atoms with Crippen LogP contribution in [0.1, 0.15) is 73.3 Å². The largest absolute Gasteiger partial charge is 0.339 e. The third kappa shape index (κ3) is 5.25. The zero-order valence-corrected chi connectivity index (χ0v) is 22.8. The SMILES string of the molecule is C=CC(=O)C(C[C@H]1CCC2(C1)O[C@H](c1ccccc1)[C@@H](c1ccccc1)O2)c1ccc(S(=O)(=O)C2CC2)cc1. The molecule has 5 nitrogen and oxygen atoms in total. The van der Waals surface area contributed by atoms with Gasteiger partial charge in [-0.1, -0.05) is 79.4 Å². The molecule has 0 amide bonds. The standard InChI is InChI=1S/C33H34O5S/c1-2-30(34)29(24-13-15-27(16-14-24)39(35,36)28-17-18-28)21-23-19-20-33(22-23)37-31(25-9-5-3-6-10-25)32(38-33)26-11-7-4-8-12-26/h2-16,23,28-29,31-32H,1,17-22H2/t23-,29?,31-,32-/m1/s1. The van der Waals surface area contributed by atoms with Crippen molar-refractivity contribution in [2.45, 2.75) is 72.6 Å². The number of rotatable bonds is 9. The molecule has 3 aliphatic rings. The van der Waals surface area contributed by atoms with E-state index in [1.807, 2.05) is 36.4 Å². The van der Waals surface area contributed by atoms with Gasteiger partial charge in [-0.25, -0.2) is 8.42 Å². The Morgan fingerprint density at radius 2 is 1.44 bits per heavy atom. The van der Waals surface area contributed by atoms with Gasteiger partial charge in [0.2, 0.25) is 0 Å². The summed E-state index contributed by atoms with van der Waals surface area (Å²) in [4.78, 5) is 13.3. The third-order valence-corrected chi connectivity index (χ3v) is 10.7. The molecule has 0 N–H and O–H groups in total. The molecule has 3 aromatic rings. The zero-order valence-electron chi connectivity index (χ0n) is 21.9. The molecule has 2 saturated carbocycles. The van der Waals surface area contributed by atoms with Gasteiger partial charge in [-0.05, 0) is 66.5 Å². The first-order valence-corrected chi connectivity index (χ1v) is 15.4. The Bertz CT molecular complexity index is 1380. The van der Waals surface area contributed by atoms with Gasteiger partial charge < -0.3 is 9.47 Å². The number of ether oxygens (including phenoxy) is 2. The van der Waals surface area contributed by atoms with Gasteiger partial charge >= 0.3 is 0 Å². The number of sulfone groups is 1. The first kappa shape index (κ1) is 26.2. The molecule has 0 bridgehead atoms. The minimum atomic E-state index is -3.27. The smallest absolute Gasteiger partial charge is 0.181 e. The van der Waals surface area contributed by atoms with Crippen LogP contribution >= 0.6 is 0 Å². The fraction of sp³-hybridized carbons (Fsp3) is 0.364. The maximum absolute atomic E-state index is 13.0. The maximum atomic E-state index is 13.0. The number of hydrogen-bond acceptors (Lipinski definition) is 5. The van der Waals surface area contributed by atoms with Crippen molar-refractivity contribution in [3.8, 4) is 0 Å². The van der Waals surface area contributed by atoms with Crippen molar-refractivity contribution in [3.05, 3.63) is 114 Å². The molecule has 0 aromatic heterocycles. The molecule has 6 rings (SSSR count). The quantitative estimate of drug-likeness (QED) is 0.276. The summed E-state index contributed by atoms with van der Waals surface area (Å²) in [5.41, 5.74) is 3.01. The van der Waals surface area contributed by atoms with Crippen LogP contribution in [0.15, 0.2) is 102 Å². The van der Waals surface area contributed by atoms with Gasteiger partial charge in [0.05, 0.1) is 10.1 Å². The minimum absolute atomic E-state index is 0.0497. The number of hydrogen-bond donors (Lipinski definition) is 0. The van der Waals surface area contributed by atoms with Crippen LogP contribution in [0.5, 0.6) is 0 Å². The minimum Gasteiger partial charge on any atom is -0.339 e. The molecule has 39 heavy (non-hydrogen) atoms. The molecule has 3 aromatic carbocycles. The van der Waals surface area contributed by atoms with Crippen LogP contribution in [-0.4, -0.2) is 25.2 Å². The van der Waals surface area contributed by atoms with Crippen molar-refractivity contribution in [2.24, 2.45) is 5.92 Å². The molecular formula is C33H34O5S. The predicted octanol–water partition coefficient (Wildman–Crippen LogP) is 6.88. The molecule has 1 aliphatic heterocycles. The van der Waals surface area contributed by atoms with Gasteiger partial charge in [0.15, 0.2) is 21.4 Å². The Kier molecular flexibility index (Phi) is 7.04. The second kappa shape index (κ2) is 10.5. The van der Waals surface area contributed by atoms with Crippen molar-refractivity contribution in [1.29, 1.82) is 0 Å². The highest BCUT2D eigenvalue weighted by Gasteiger charge is 2.52. The predicted molar refractivity (Wildman–Crippen MR) is 150 cm³/mol.